The Balaban J connectivity index is 2.19. The first-order valence-electron chi connectivity index (χ1n) is 7.07. The Hall–Kier alpha value is -1.81. The normalized spacial score (nSPS) is 12.4. The van der Waals surface area contributed by atoms with E-state index >= 15 is 0 Å². The fraction of sp³-hybridized carbons (Fsp3) is 0.438. The highest BCUT2D eigenvalue weighted by Gasteiger charge is 2.12. The lowest BCUT2D eigenvalue weighted by atomic mass is 10.0. The second-order valence-corrected chi connectivity index (χ2v) is 5.39. The topological polar surface area (TPSA) is 47.1 Å². The van der Waals surface area contributed by atoms with Crippen LogP contribution in [0.25, 0.3) is 0 Å². The van der Waals surface area contributed by atoms with E-state index in [9.17, 15) is 0 Å². The van der Waals surface area contributed by atoms with Crippen LogP contribution in [0, 0.1) is 6.92 Å². The van der Waals surface area contributed by atoms with Crippen LogP contribution in [0.15, 0.2) is 30.3 Å². The number of anilines is 1. The molecule has 0 aliphatic carbocycles. The molecule has 1 unspecified atom stereocenters. The van der Waals surface area contributed by atoms with Crippen LogP contribution >= 0.6 is 0 Å². The minimum atomic E-state index is -0.00343. The van der Waals surface area contributed by atoms with E-state index in [1.54, 1.807) is 0 Å². The van der Waals surface area contributed by atoms with E-state index in [1.165, 1.54) is 11.4 Å². The molecule has 2 N–H and O–H groups in total. The van der Waals surface area contributed by atoms with Gasteiger partial charge in [0.2, 0.25) is 0 Å². The molecule has 0 aliphatic heterocycles. The molecule has 108 valence electrons. The number of nitrogens with zero attached hydrogens (tertiary/aromatic N) is 3. The first-order chi connectivity index (χ1) is 9.51. The second-order valence-electron chi connectivity index (χ2n) is 5.39. The van der Waals surface area contributed by atoms with Gasteiger partial charge in [0.05, 0.1) is 5.69 Å². The third-order valence-corrected chi connectivity index (χ3v) is 3.53. The Bertz CT molecular complexity index is 572. The fourth-order valence-electron chi connectivity index (χ4n) is 2.41. The van der Waals surface area contributed by atoms with Crippen molar-refractivity contribution in [2.45, 2.75) is 32.9 Å². The summed E-state index contributed by atoms with van der Waals surface area (Å²) >= 11 is 0. The SMILES string of the molecule is CCn1nc(C)cc1CC(N)c1cccc(N(C)C)c1. The van der Waals surface area contributed by atoms with E-state index in [-0.39, 0.29) is 6.04 Å². The minimum Gasteiger partial charge on any atom is -0.378 e. The molecule has 0 spiro atoms. The van der Waals surface area contributed by atoms with E-state index < -0.39 is 0 Å². The molecule has 1 aromatic heterocycles. The Morgan fingerprint density at radius 1 is 1.30 bits per heavy atom. The summed E-state index contributed by atoms with van der Waals surface area (Å²) in [6, 6.07) is 10.5. The van der Waals surface area contributed by atoms with Gasteiger partial charge in [-0.25, -0.2) is 0 Å². The van der Waals surface area contributed by atoms with Gasteiger partial charge in [0.15, 0.2) is 0 Å². The zero-order chi connectivity index (χ0) is 14.7. The predicted octanol–water partition coefficient (Wildman–Crippen LogP) is 2.52. The van der Waals surface area contributed by atoms with Crippen LogP contribution in [0.2, 0.25) is 0 Å². The van der Waals surface area contributed by atoms with Gasteiger partial charge in [-0.1, -0.05) is 12.1 Å². The Morgan fingerprint density at radius 2 is 2.05 bits per heavy atom. The molecule has 4 heteroatoms. The molecule has 0 saturated carbocycles. The van der Waals surface area contributed by atoms with Crippen molar-refractivity contribution in [2.75, 3.05) is 19.0 Å². The lowest BCUT2D eigenvalue weighted by molar-refractivity contribution is 0.587. The van der Waals surface area contributed by atoms with Gasteiger partial charge in [-0.15, -0.1) is 0 Å². The molecule has 0 aliphatic rings. The monoisotopic (exact) mass is 272 g/mol. The summed E-state index contributed by atoms with van der Waals surface area (Å²) in [5.74, 6) is 0. The maximum Gasteiger partial charge on any atom is 0.0596 e. The highest BCUT2D eigenvalue weighted by molar-refractivity contribution is 5.47. The summed E-state index contributed by atoms with van der Waals surface area (Å²) in [7, 11) is 4.08. The molecule has 0 bridgehead atoms. The summed E-state index contributed by atoms with van der Waals surface area (Å²) in [5.41, 5.74) is 11.0. The van der Waals surface area contributed by atoms with Crippen LogP contribution in [-0.2, 0) is 13.0 Å². The molecular formula is C16H24N4. The van der Waals surface area contributed by atoms with Crippen LogP contribution in [0.4, 0.5) is 5.69 Å². The Morgan fingerprint density at radius 3 is 2.70 bits per heavy atom. The summed E-state index contributed by atoms with van der Waals surface area (Å²) in [6.45, 7) is 5.01. The zero-order valence-corrected chi connectivity index (χ0v) is 12.8. The van der Waals surface area contributed by atoms with E-state index in [4.69, 9.17) is 5.73 Å². The number of hydrogen-bond donors (Lipinski definition) is 1. The van der Waals surface area contributed by atoms with Crippen LogP contribution in [0.3, 0.4) is 0 Å². The number of benzene rings is 1. The van der Waals surface area contributed by atoms with Gasteiger partial charge >= 0.3 is 0 Å². The number of aromatic nitrogens is 2. The summed E-state index contributed by atoms with van der Waals surface area (Å²) in [4.78, 5) is 2.09. The maximum absolute atomic E-state index is 6.37. The average Bonchev–Trinajstić information content (AvgIpc) is 2.78. The van der Waals surface area contributed by atoms with Crippen LogP contribution in [-0.4, -0.2) is 23.9 Å². The smallest absolute Gasteiger partial charge is 0.0596 e. The van der Waals surface area contributed by atoms with Gasteiger partial charge in [0.25, 0.3) is 0 Å². The van der Waals surface area contributed by atoms with E-state index in [1.807, 2.05) is 25.7 Å². The van der Waals surface area contributed by atoms with Crippen LogP contribution in [0.1, 0.15) is 29.9 Å². The molecule has 0 saturated heterocycles. The molecule has 0 amide bonds. The summed E-state index contributed by atoms with van der Waals surface area (Å²) in [5, 5.41) is 4.47. The molecule has 2 rings (SSSR count). The second kappa shape index (κ2) is 6.09. The summed E-state index contributed by atoms with van der Waals surface area (Å²) in [6.07, 6.45) is 0.811. The molecule has 0 fully saturated rings. The Labute approximate surface area is 121 Å². The van der Waals surface area contributed by atoms with Gasteiger partial charge in [-0.05, 0) is 37.6 Å². The lowest BCUT2D eigenvalue weighted by Gasteiger charge is -2.17. The lowest BCUT2D eigenvalue weighted by Crippen LogP contribution is -2.17. The van der Waals surface area contributed by atoms with Crippen molar-refractivity contribution in [2.24, 2.45) is 5.73 Å². The van der Waals surface area contributed by atoms with Gasteiger partial charge in [-0.3, -0.25) is 4.68 Å². The highest BCUT2D eigenvalue weighted by Crippen LogP contribution is 2.21. The molecule has 1 aromatic carbocycles. The van der Waals surface area contributed by atoms with Crippen LogP contribution in [0.5, 0.6) is 0 Å². The quantitative estimate of drug-likeness (QED) is 0.910. The van der Waals surface area contributed by atoms with Crippen molar-refractivity contribution in [3.05, 3.63) is 47.3 Å². The van der Waals surface area contributed by atoms with Crippen molar-refractivity contribution < 1.29 is 0 Å². The third kappa shape index (κ3) is 3.20. The molecular weight excluding hydrogens is 248 g/mol. The number of rotatable bonds is 5. The van der Waals surface area contributed by atoms with Crippen molar-refractivity contribution in [1.29, 1.82) is 0 Å². The molecule has 1 atom stereocenters. The molecule has 20 heavy (non-hydrogen) atoms. The van der Waals surface area contributed by atoms with E-state index in [0.29, 0.717) is 0 Å². The zero-order valence-electron chi connectivity index (χ0n) is 12.8. The average molecular weight is 272 g/mol. The first-order valence-corrected chi connectivity index (χ1v) is 7.07. The highest BCUT2D eigenvalue weighted by atomic mass is 15.3. The Kier molecular flexibility index (Phi) is 4.45. The number of hydrogen-bond acceptors (Lipinski definition) is 3. The number of nitrogens with two attached hydrogens (primary N) is 1. The van der Waals surface area contributed by atoms with Crippen LogP contribution < -0.4 is 10.6 Å². The van der Waals surface area contributed by atoms with Gasteiger partial charge in [0, 0.05) is 44.5 Å². The molecule has 0 radical (unpaired) electrons. The minimum absolute atomic E-state index is 0.00343. The first kappa shape index (κ1) is 14.6. The number of aryl methyl sites for hydroxylation is 2. The largest absolute Gasteiger partial charge is 0.378 e. The van der Waals surface area contributed by atoms with Crippen molar-refractivity contribution in [3.63, 3.8) is 0 Å². The van der Waals surface area contributed by atoms with Gasteiger partial charge in [-0.2, -0.15) is 5.10 Å². The molecule has 4 nitrogen and oxygen atoms in total. The van der Waals surface area contributed by atoms with Crippen molar-refractivity contribution in [3.8, 4) is 0 Å². The fourth-order valence-corrected chi connectivity index (χ4v) is 2.41. The third-order valence-electron chi connectivity index (χ3n) is 3.53. The standard InChI is InChI=1S/C16H24N4/c1-5-20-15(9-12(2)18-20)11-16(17)13-7-6-8-14(10-13)19(3)4/h6-10,16H,5,11,17H2,1-4H3. The predicted molar refractivity (Wildman–Crippen MR) is 84.0 cm³/mol. The van der Waals surface area contributed by atoms with Crippen molar-refractivity contribution >= 4 is 5.69 Å². The summed E-state index contributed by atoms with van der Waals surface area (Å²) < 4.78 is 2.03. The van der Waals surface area contributed by atoms with Gasteiger partial charge in [0.1, 0.15) is 0 Å². The van der Waals surface area contributed by atoms with Gasteiger partial charge < -0.3 is 10.6 Å². The maximum atomic E-state index is 6.37. The molecule has 2 aromatic rings. The van der Waals surface area contributed by atoms with Crippen molar-refractivity contribution in [1.82, 2.24) is 9.78 Å². The van der Waals surface area contributed by atoms with E-state index in [2.05, 4.69) is 47.3 Å². The van der Waals surface area contributed by atoms with E-state index in [0.717, 1.165) is 24.2 Å². The molecule has 1 heterocycles.